The maximum atomic E-state index is 12.5. The fourth-order valence-electron chi connectivity index (χ4n) is 4.86. The lowest BCUT2D eigenvalue weighted by Crippen LogP contribution is -2.46. The number of amides is 1. The molecule has 1 N–H and O–H groups in total. The number of carbonyl (C=O) groups is 1. The molecule has 2 heterocycles. The Morgan fingerprint density at radius 2 is 1.56 bits per heavy atom. The summed E-state index contributed by atoms with van der Waals surface area (Å²) in [6.45, 7) is 13.6. The number of rotatable bonds is 7. The predicted molar refractivity (Wildman–Crippen MR) is 132 cm³/mol. The van der Waals surface area contributed by atoms with Gasteiger partial charge in [-0.15, -0.1) is 0 Å². The number of piperidine rings is 1. The molecule has 0 atom stereocenters. The third-order valence-electron chi connectivity index (χ3n) is 7.07. The molecule has 0 unspecified atom stereocenters. The smallest absolute Gasteiger partial charge is 0.251 e. The van der Waals surface area contributed by atoms with Crippen LogP contribution in [0.1, 0.15) is 46.3 Å². The molecule has 0 radical (unpaired) electrons. The molecule has 0 bridgehead atoms. The van der Waals surface area contributed by atoms with Crippen LogP contribution in [0.25, 0.3) is 0 Å². The van der Waals surface area contributed by atoms with Crippen molar-refractivity contribution in [3.05, 3.63) is 64.7 Å². The Kier molecular flexibility index (Phi) is 7.82. The Bertz CT molecular complexity index is 881. The number of likely N-dealkylation sites (tertiary alicyclic amines) is 1. The second-order valence-electron chi connectivity index (χ2n) is 9.34. The molecule has 2 saturated heterocycles. The zero-order chi connectivity index (χ0) is 22.3. The van der Waals surface area contributed by atoms with E-state index in [0.29, 0.717) is 0 Å². The molecule has 0 aromatic heterocycles. The first-order valence-corrected chi connectivity index (χ1v) is 12.2. The summed E-state index contributed by atoms with van der Waals surface area (Å²) in [5, 5.41) is 3.08. The highest BCUT2D eigenvalue weighted by atomic mass is 16.1. The number of nitrogens with one attached hydrogen (secondary N) is 1. The quantitative estimate of drug-likeness (QED) is 0.719. The molecule has 5 heteroatoms. The van der Waals surface area contributed by atoms with Gasteiger partial charge in [0.05, 0.1) is 0 Å². The molecule has 32 heavy (non-hydrogen) atoms. The molecule has 1 amide bonds. The van der Waals surface area contributed by atoms with Gasteiger partial charge in [-0.1, -0.05) is 30.7 Å². The minimum Gasteiger partial charge on any atom is -0.369 e. The summed E-state index contributed by atoms with van der Waals surface area (Å²) in [5.41, 5.74) is 6.16. The van der Waals surface area contributed by atoms with Crippen molar-refractivity contribution >= 4 is 11.6 Å². The van der Waals surface area contributed by atoms with Crippen molar-refractivity contribution in [3.63, 3.8) is 0 Å². The van der Waals surface area contributed by atoms with Crippen LogP contribution < -0.4 is 10.2 Å². The molecule has 172 valence electrons. The van der Waals surface area contributed by atoms with Crippen LogP contribution in [0, 0.1) is 13.8 Å². The Morgan fingerprint density at radius 1 is 0.844 bits per heavy atom. The van der Waals surface area contributed by atoms with E-state index in [2.05, 4.69) is 64.2 Å². The third kappa shape index (κ3) is 5.90. The van der Waals surface area contributed by atoms with Gasteiger partial charge in [0, 0.05) is 57.1 Å². The summed E-state index contributed by atoms with van der Waals surface area (Å²) < 4.78 is 0. The number of nitrogens with zero attached hydrogens (tertiary/aromatic N) is 3. The number of benzene rings is 2. The Labute approximate surface area is 193 Å². The van der Waals surface area contributed by atoms with Crippen LogP contribution in [0.3, 0.4) is 0 Å². The van der Waals surface area contributed by atoms with Crippen molar-refractivity contribution in [2.24, 2.45) is 0 Å². The van der Waals surface area contributed by atoms with E-state index in [-0.39, 0.29) is 5.91 Å². The molecule has 2 aromatic carbocycles. The number of aryl methyl sites for hydroxylation is 1. The largest absolute Gasteiger partial charge is 0.369 e. The fraction of sp³-hybridized carbons (Fsp3) is 0.519. The normalized spacial score (nSPS) is 18.0. The fourth-order valence-corrected chi connectivity index (χ4v) is 4.86. The summed E-state index contributed by atoms with van der Waals surface area (Å²) in [6.07, 6.45) is 3.92. The van der Waals surface area contributed by atoms with Gasteiger partial charge in [-0.3, -0.25) is 9.69 Å². The van der Waals surface area contributed by atoms with Crippen molar-refractivity contribution in [3.8, 4) is 0 Å². The van der Waals surface area contributed by atoms with E-state index < -0.39 is 0 Å². The highest BCUT2D eigenvalue weighted by Gasteiger charge is 2.19. The van der Waals surface area contributed by atoms with E-state index in [1.807, 2.05) is 12.1 Å². The summed E-state index contributed by atoms with van der Waals surface area (Å²) in [6, 6.07) is 14.8. The minimum absolute atomic E-state index is 0.0377. The highest BCUT2D eigenvalue weighted by molar-refractivity contribution is 5.94. The van der Waals surface area contributed by atoms with Crippen molar-refractivity contribution in [1.29, 1.82) is 0 Å². The number of piperazine rings is 1. The number of anilines is 1. The van der Waals surface area contributed by atoms with Crippen LogP contribution in [0.2, 0.25) is 0 Å². The molecule has 0 spiro atoms. The topological polar surface area (TPSA) is 38.8 Å². The average Bonchev–Trinajstić information content (AvgIpc) is 2.83. The molecule has 2 aliphatic rings. The van der Waals surface area contributed by atoms with Crippen LogP contribution in [0.4, 0.5) is 5.69 Å². The molecule has 0 saturated carbocycles. The van der Waals surface area contributed by atoms with Gasteiger partial charge < -0.3 is 15.1 Å². The van der Waals surface area contributed by atoms with Crippen molar-refractivity contribution in [2.45, 2.75) is 39.7 Å². The van der Waals surface area contributed by atoms with Crippen molar-refractivity contribution in [2.75, 3.05) is 57.3 Å². The lowest BCUT2D eigenvalue weighted by Gasteiger charge is -2.37. The number of hydrogen-bond donors (Lipinski definition) is 1. The van der Waals surface area contributed by atoms with Crippen molar-refractivity contribution < 1.29 is 4.79 Å². The molecule has 4 rings (SSSR count). The number of hydrogen-bond acceptors (Lipinski definition) is 4. The first-order valence-electron chi connectivity index (χ1n) is 12.2. The van der Waals surface area contributed by atoms with Crippen LogP contribution in [-0.4, -0.2) is 68.1 Å². The van der Waals surface area contributed by atoms with Gasteiger partial charge in [-0.2, -0.15) is 0 Å². The van der Waals surface area contributed by atoms with Gasteiger partial charge in [-0.05, 0) is 74.7 Å². The lowest BCUT2D eigenvalue weighted by atomic mass is 10.1. The molecule has 5 nitrogen and oxygen atoms in total. The minimum atomic E-state index is 0.0377. The molecule has 2 fully saturated rings. The van der Waals surface area contributed by atoms with Crippen LogP contribution in [0.15, 0.2) is 42.5 Å². The molecule has 2 aromatic rings. The van der Waals surface area contributed by atoms with Crippen LogP contribution in [0.5, 0.6) is 0 Å². The van der Waals surface area contributed by atoms with Gasteiger partial charge >= 0.3 is 0 Å². The van der Waals surface area contributed by atoms with Crippen molar-refractivity contribution in [1.82, 2.24) is 15.1 Å². The SMILES string of the molecule is Cc1cccc(N2CCN(Cc3ccc(C(=O)NCCN4CCCCC4)cc3)CC2)c1C. The lowest BCUT2D eigenvalue weighted by molar-refractivity contribution is 0.0946. The Hall–Kier alpha value is -2.37. The Balaban J connectivity index is 1.21. The predicted octanol–water partition coefficient (Wildman–Crippen LogP) is 3.84. The molecule has 2 aliphatic heterocycles. The summed E-state index contributed by atoms with van der Waals surface area (Å²) in [5.74, 6) is 0.0377. The van der Waals surface area contributed by atoms with Crippen LogP contribution >= 0.6 is 0 Å². The summed E-state index contributed by atoms with van der Waals surface area (Å²) in [4.78, 5) is 19.9. The highest BCUT2D eigenvalue weighted by Crippen LogP contribution is 2.24. The second-order valence-corrected chi connectivity index (χ2v) is 9.34. The van der Waals surface area contributed by atoms with Gasteiger partial charge in [0.2, 0.25) is 0 Å². The third-order valence-corrected chi connectivity index (χ3v) is 7.07. The van der Waals surface area contributed by atoms with Crippen LogP contribution in [-0.2, 0) is 6.54 Å². The first-order chi connectivity index (χ1) is 15.6. The molecular weight excluding hydrogens is 396 g/mol. The van der Waals surface area contributed by atoms with E-state index >= 15 is 0 Å². The van der Waals surface area contributed by atoms with Gasteiger partial charge in [0.1, 0.15) is 0 Å². The zero-order valence-electron chi connectivity index (χ0n) is 19.8. The van der Waals surface area contributed by atoms with E-state index in [9.17, 15) is 4.79 Å². The second kappa shape index (κ2) is 11.0. The van der Waals surface area contributed by atoms with Gasteiger partial charge in [-0.25, -0.2) is 0 Å². The van der Waals surface area contributed by atoms with Gasteiger partial charge in [0.15, 0.2) is 0 Å². The van der Waals surface area contributed by atoms with Gasteiger partial charge in [0.25, 0.3) is 5.91 Å². The summed E-state index contributed by atoms with van der Waals surface area (Å²) >= 11 is 0. The zero-order valence-corrected chi connectivity index (χ0v) is 19.8. The Morgan fingerprint density at radius 3 is 2.28 bits per heavy atom. The number of carbonyl (C=O) groups excluding carboxylic acids is 1. The average molecular weight is 435 g/mol. The van der Waals surface area contributed by atoms with E-state index in [0.717, 1.165) is 51.4 Å². The maximum Gasteiger partial charge on any atom is 0.251 e. The maximum absolute atomic E-state index is 12.5. The summed E-state index contributed by atoms with van der Waals surface area (Å²) in [7, 11) is 0. The monoisotopic (exact) mass is 434 g/mol. The molecule has 0 aliphatic carbocycles. The standard InChI is InChI=1S/C27H38N4O/c1-22-7-6-8-26(23(22)2)31-19-17-30(18-20-31)21-24-9-11-25(12-10-24)27(32)28-13-16-29-14-4-3-5-15-29/h6-12H,3-5,13-21H2,1-2H3,(H,28,32). The van der Waals surface area contributed by atoms with E-state index in [1.165, 1.54) is 54.7 Å². The first kappa shape index (κ1) is 22.8. The van der Waals surface area contributed by atoms with E-state index in [1.54, 1.807) is 0 Å². The van der Waals surface area contributed by atoms with E-state index in [4.69, 9.17) is 0 Å². The molecular formula is C27H38N4O.